The van der Waals surface area contributed by atoms with Crippen LogP contribution in [0.5, 0.6) is 5.75 Å². The molecule has 1 rings (SSSR count). The van der Waals surface area contributed by atoms with Gasteiger partial charge in [0.1, 0.15) is 5.75 Å². The molecule has 0 spiro atoms. The Kier molecular flexibility index (Phi) is 1.47. The van der Waals surface area contributed by atoms with E-state index >= 15 is 0 Å². The van der Waals surface area contributed by atoms with Gasteiger partial charge in [-0.25, -0.2) is 0 Å². The third-order valence-electron chi connectivity index (χ3n) is 1.56. The van der Waals surface area contributed by atoms with Crippen LogP contribution in [-0.2, 0) is 7.05 Å². The van der Waals surface area contributed by atoms with Crippen LogP contribution in [0.15, 0.2) is 12.3 Å². The minimum absolute atomic E-state index is 0.956. The minimum atomic E-state index is 0.956. The van der Waals surface area contributed by atoms with Crippen LogP contribution in [0.4, 0.5) is 0 Å². The fourth-order valence-electron chi connectivity index (χ4n) is 0.801. The van der Waals surface area contributed by atoms with Gasteiger partial charge in [-0.2, -0.15) is 0 Å². The number of rotatable bonds is 1. The Bertz CT molecular complexity index is 203. The van der Waals surface area contributed by atoms with Crippen LogP contribution in [0.1, 0.15) is 5.69 Å². The lowest BCUT2D eigenvalue weighted by atomic mass is 10.4. The Morgan fingerprint density at radius 1 is 1.56 bits per heavy atom. The summed E-state index contributed by atoms with van der Waals surface area (Å²) < 4.78 is 7.07. The Balaban J connectivity index is 3.04. The molecule has 0 aliphatic heterocycles. The second-order valence-electron chi connectivity index (χ2n) is 2.08. The van der Waals surface area contributed by atoms with Crippen molar-refractivity contribution in [1.82, 2.24) is 4.57 Å². The molecule has 2 heteroatoms. The van der Waals surface area contributed by atoms with Crippen LogP contribution in [-0.4, -0.2) is 11.7 Å². The van der Waals surface area contributed by atoms with Crippen LogP contribution >= 0.6 is 0 Å². The summed E-state index contributed by atoms with van der Waals surface area (Å²) in [5.41, 5.74) is 1.16. The van der Waals surface area contributed by atoms with Gasteiger partial charge in [0.25, 0.3) is 0 Å². The highest BCUT2D eigenvalue weighted by atomic mass is 16.5. The van der Waals surface area contributed by atoms with Gasteiger partial charge in [0.05, 0.1) is 12.8 Å². The highest BCUT2D eigenvalue weighted by Crippen LogP contribution is 2.15. The number of hydrogen-bond donors (Lipinski definition) is 0. The zero-order chi connectivity index (χ0) is 6.85. The van der Waals surface area contributed by atoms with Crippen molar-refractivity contribution in [3.05, 3.63) is 18.0 Å². The maximum atomic E-state index is 5.04. The van der Waals surface area contributed by atoms with E-state index in [1.54, 1.807) is 7.11 Å². The molecule has 0 unspecified atom stereocenters. The van der Waals surface area contributed by atoms with E-state index in [9.17, 15) is 0 Å². The van der Waals surface area contributed by atoms with E-state index in [0.29, 0.717) is 0 Å². The van der Waals surface area contributed by atoms with Gasteiger partial charge in [-0.1, -0.05) is 0 Å². The molecule has 0 saturated heterocycles. The number of methoxy groups -OCH3 is 1. The molecule has 2 nitrogen and oxygen atoms in total. The summed E-state index contributed by atoms with van der Waals surface area (Å²) in [6, 6.07) is 1.95. The molecule has 1 aromatic rings. The van der Waals surface area contributed by atoms with Gasteiger partial charge >= 0.3 is 0 Å². The van der Waals surface area contributed by atoms with Crippen LogP contribution in [0.2, 0.25) is 0 Å². The molecule has 0 amide bonds. The first-order valence-electron chi connectivity index (χ1n) is 2.91. The molecule has 1 aromatic heterocycles. The lowest BCUT2D eigenvalue weighted by molar-refractivity contribution is 0.410. The topological polar surface area (TPSA) is 14.2 Å². The van der Waals surface area contributed by atoms with Crippen molar-refractivity contribution in [2.24, 2.45) is 7.05 Å². The number of nitrogens with zero attached hydrogens (tertiary/aromatic N) is 1. The van der Waals surface area contributed by atoms with Crippen LogP contribution in [0, 0.1) is 6.92 Å². The van der Waals surface area contributed by atoms with E-state index in [1.165, 1.54) is 0 Å². The fraction of sp³-hybridized carbons (Fsp3) is 0.429. The Morgan fingerprint density at radius 3 is 2.44 bits per heavy atom. The Hall–Kier alpha value is -0.920. The highest BCUT2D eigenvalue weighted by molar-refractivity contribution is 5.27. The lowest BCUT2D eigenvalue weighted by Crippen LogP contribution is -1.89. The minimum Gasteiger partial charge on any atom is -0.495 e. The SMILES string of the molecule is COc1ccn(C)c1C. The molecule has 0 aliphatic rings. The molecule has 9 heavy (non-hydrogen) atoms. The Labute approximate surface area is 55.1 Å². The van der Waals surface area contributed by atoms with Gasteiger partial charge in [-0.15, -0.1) is 0 Å². The van der Waals surface area contributed by atoms with Crippen molar-refractivity contribution < 1.29 is 4.74 Å². The maximum absolute atomic E-state index is 5.04. The van der Waals surface area contributed by atoms with Gasteiger partial charge in [0, 0.05) is 13.2 Å². The molecule has 0 atom stereocenters. The molecule has 50 valence electrons. The van der Waals surface area contributed by atoms with E-state index in [2.05, 4.69) is 0 Å². The van der Waals surface area contributed by atoms with Crippen molar-refractivity contribution in [3.8, 4) is 5.75 Å². The van der Waals surface area contributed by atoms with E-state index < -0.39 is 0 Å². The molecule has 0 radical (unpaired) electrons. The average molecular weight is 125 g/mol. The second kappa shape index (κ2) is 2.13. The molecule has 0 bridgehead atoms. The lowest BCUT2D eigenvalue weighted by Gasteiger charge is -1.97. The summed E-state index contributed by atoms with van der Waals surface area (Å²) in [7, 11) is 3.68. The highest BCUT2D eigenvalue weighted by Gasteiger charge is 1.98. The Morgan fingerprint density at radius 2 is 2.22 bits per heavy atom. The predicted molar refractivity (Wildman–Crippen MR) is 36.7 cm³/mol. The first kappa shape index (κ1) is 6.20. The maximum Gasteiger partial charge on any atom is 0.139 e. The van der Waals surface area contributed by atoms with Crippen molar-refractivity contribution in [2.75, 3.05) is 7.11 Å². The quantitative estimate of drug-likeness (QED) is 0.552. The van der Waals surface area contributed by atoms with Crippen molar-refractivity contribution in [3.63, 3.8) is 0 Å². The zero-order valence-electron chi connectivity index (χ0n) is 6.01. The molecular formula is C7H11NO. The number of aromatic nitrogens is 1. The molecule has 0 fully saturated rings. The molecule has 0 aliphatic carbocycles. The molecule has 0 aromatic carbocycles. The molecule has 1 heterocycles. The van der Waals surface area contributed by atoms with Crippen LogP contribution < -0.4 is 4.74 Å². The van der Waals surface area contributed by atoms with E-state index in [0.717, 1.165) is 11.4 Å². The first-order valence-corrected chi connectivity index (χ1v) is 2.91. The number of ether oxygens (including phenoxy) is 1. The van der Waals surface area contributed by atoms with E-state index in [4.69, 9.17) is 4.74 Å². The predicted octanol–water partition coefficient (Wildman–Crippen LogP) is 1.34. The fourth-order valence-corrected chi connectivity index (χ4v) is 0.801. The average Bonchev–Trinajstić information content (AvgIpc) is 2.15. The summed E-state index contributed by atoms with van der Waals surface area (Å²) in [6.45, 7) is 2.03. The largest absolute Gasteiger partial charge is 0.495 e. The van der Waals surface area contributed by atoms with Gasteiger partial charge in [0.15, 0.2) is 0 Å². The standard InChI is InChI=1S/C7H11NO/c1-6-7(9-3)4-5-8(6)2/h4-5H,1-3H3. The monoisotopic (exact) mass is 125 g/mol. The van der Waals surface area contributed by atoms with Gasteiger partial charge in [-0.3, -0.25) is 0 Å². The van der Waals surface area contributed by atoms with Crippen molar-refractivity contribution in [1.29, 1.82) is 0 Å². The first-order chi connectivity index (χ1) is 4.25. The summed E-state index contributed by atoms with van der Waals surface area (Å²) in [5, 5.41) is 0. The number of aryl methyl sites for hydroxylation is 1. The summed E-state index contributed by atoms with van der Waals surface area (Å²) in [4.78, 5) is 0. The third-order valence-corrected chi connectivity index (χ3v) is 1.56. The summed E-state index contributed by atoms with van der Waals surface area (Å²) >= 11 is 0. The van der Waals surface area contributed by atoms with Crippen molar-refractivity contribution >= 4 is 0 Å². The summed E-state index contributed by atoms with van der Waals surface area (Å²) in [5.74, 6) is 0.956. The second-order valence-corrected chi connectivity index (χ2v) is 2.08. The van der Waals surface area contributed by atoms with Gasteiger partial charge in [-0.05, 0) is 13.0 Å². The van der Waals surface area contributed by atoms with Crippen LogP contribution in [0.3, 0.4) is 0 Å². The van der Waals surface area contributed by atoms with E-state index in [1.807, 2.05) is 30.8 Å². The third kappa shape index (κ3) is 0.922. The molecule has 0 N–H and O–H groups in total. The molecule has 0 saturated carbocycles. The summed E-state index contributed by atoms with van der Waals surface area (Å²) in [6.07, 6.45) is 1.98. The van der Waals surface area contributed by atoms with Gasteiger partial charge in [0.2, 0.25) is 0 Å². The zero-order valence-corrected chi connectivity index (χ0v) is 6.01. The van der Waals surface area contributed by atoms with Gasteiger partial charge < -0.3 is 9.30 Å². The van der Waals surface area contributed by atoms with E-state index in [-0.39, 0.29) is 0 Å². The molecular weight excluding hydrogens is 114 g/mol. The normalized spacial score (nSPS) is 9.67. The van der Waals surface area contributed by atoms with Crippen LogP contribution in [0.25, 0.3) is 0 Å². The number of hydrogen-bond acceptors (Lipinski definition) is 1. The van der Waals surface area contributed by atoms with Crippen molar-refractivity contribution in [2.45, 2.75) is 6.92 Å². The smallest absolute Gasteiger partial charge is 0.139 e.